The standard InChI is InChI=1S/C37H23N3O/c1-3-11-24(12-4-1)28-17-9-15-26-23-27(21-22-29(26)28)36-38-35(25-13-5-2-6-14-25)39-37(40-36)31-18-10-20-33-34(31)30-16-7-8-19-32(30)41-33/h1-23H. The smallest absolute Gasteiger partial charge is 0.164 e. The van der Waals surface area contributed by atoms with Crippen LogP contribution in [0, 0.1) is 0 Å². The minimum Gasteiger partial charge on any atom is -0.456 e. The van der Waals surface area contributed by atoms with Crippen LogP contribution in [0.25, 0.3) is 78.0 Å². The van der Waals surface area contributed by atoms with Gasteiger partial charge in [0.2, 0.25) is 0 Å². The molecular formula is C37H23N3O. The second-order valence-corrected chi connectivity index (χ2v) is 10.1. The van der Waals surface area contributed by atoms with Crippen molar-refractivity contribution in [3.63, 3.8) is 0 Å². The Labute approximate surface area is 236 Å². The van der Waals surface area contributed by atoms with E-state index in [4.69, 9.17) is 19.4 Å². The summed E-state index contributed by atoms with van der Waals surface area (Å²) in [7, 11) is 0. The molecule has 0 N–H and O–H groups in total. The van der Waals surface area contributed by atoms with E-state index in [1.165, 1.54) is 16.5 Å². The number of rotatable bonds is 4. The van der Waals surface area contributed by atoms with Crippen LogP contribution in [-0.4, -0.2) is 15.0 Å². The lowest BCUT2D eigenvalue weighted by Gasteiger charge is -2.11. The molecule has 8 rings (SSSR count). The lowest BCUT2D eigenvalue weighted by molar-refractivity contribution is 0.669. The zero-order chi connectivity index (χ0) is 27.2. The summed E-state index contributed by atoms with van der Waals surface area (Å²) in [4.78, 5) is 15.0. The van der Waals surface area contributed by atoms with Crippen LogP contribution in [0.15, 0.2) is 144 Å². The second kappa shape index (κ2) is 9.54. The molecular weight excluding hydrogens is 502 g/mol. The van der Waals surface area contributed by atoms with Gasteiger partial charge in [0.15, 0.2) is 17.5 Å². The largest absolute Gasteiger partial charge is 0.456 e. The van der Waals surface area contributed by atoms with Crippen LogP contribution in [0.3, 0.4) is 0 Å². The number of benzene rings is 6. The van der Waals surface area contributed by atoms with Crippen LogP contribution in [0.5, 0.6) is 0 Å². The fraction of sp³-hybridized carbons (Fsp3) is 0. The van der Waals surface area contributed by atoms with Crippen LogP contribution in [0.1, 0.15) is 0 Å². The second-order valence-electron chi connectivity index (χ2n) is 10.1. The first kappa shape index (κ1) is 23.3. The zero-order valence-electron chi connectivity index (χ0n) is 22.0. The first-order valence-electron chi connectivity index (χ1n) is 13.6. The van der Waals surface area contributed by atoms with Crippen LogP contribution in [0.2, 0.25) is 0 Å². The van der Waals surface area contributed by atoms with Gasteiger partial charge in [0.1, 0.15) is 11.2 Å². The minimum absolute atomic E-state index is 0.615. The predicted molar refractivity (Wildman–Crippen MR) is 166 cm³/mol. The highest BCUT2D eigenvalue weighted by molar-refractivity contribution is 6.11. The lowest BCUT2D eigenvalue weighted by Crippen LogP contribution is -2.00. The number of fused-ring (bicyclic) bond motifs is 4. The van der Waals surface area contributed by atoms with Gasteiger partial charge in [-0.15, -0.1) is 0 Å². The van der Waals surface area contributed by atoms with E-state index in [1.54, 1.807) is 0 Å². The molecule has 4 nitrogen and oxygen atoms in total. The van der Waals surface area contributed by atoms with Gasteiger partial charge in [0.25, 0.3) is 0 Å². The summed E-state index contributed by atoms with van der Waals surface area (Å²) in [6.45, 7) is 0. The maximum absolute atomic E-state index is 6.17. The third kappa shape index (κ3) is 4.05. The van der Waals surface area contributed by atoms with E-state index in [2.05, 4.69) is 72.8 Å². The molecule has 8 aromatic rings. The Morgan fingerprint density at radius 3 is 1.85 bits per heavy atom. The van der Waals surface area contributed by atoms with E-state index < -0.39 is 0 Å². The topological polar surface area (TPSA) is 51.8 Å². The molecule has 192 valence electrons. The summed E-state index contributed by atoms with van der Waals surface area (Å²) >= 11 is 0. The molecule has 2 heterocycles. The fourth-order valence-corrected chi connectivity index (χ4v) is 5.59. The van der Waals surface area contributed by atoms with E-state index in [9.17, 15) is 0 Å². The van der Waals surface area contributed by atoms with Crippen molar-refractivity contribution >= 4 is 32.7 Å². The molecule has 0 bridgehead atoms. The van der Waals surface area contributed by atoms with Gasteiger partial charge in [0, 0.05) is 27.5 Å². The van der Waals surface area contributed by atoms with E-state index in [-0.39, 0.29) is 0 Å². The maximum Gasteiger partial charge on any atom is 0.164 e. The molecule has 0 amide bonds. The van der Waals surface area contributed by atoms with E-state index in [0.717, 1.165) is 44.0 Å². The molecule has 0 radical (unpaired) electrons. The van der Waals surface area contributed by atoms with Gasteiger partial charge in [0.05, 0.1) is 0 Å². The summed E-state index contributed by atoms with van der Waals surface area (Å²) in [5.74, 6) is 1.88. The van der Waals surface area contributed by atoms with E-state index >= 15 is 0 Å². The lowest BCUT2D eigenvalue weighted by atomic mass is 9.97. The van der Waals surface area contributed by atoms with Gasteiger partial charge in [-0.2, -0.15) is 0 Å². The molecule has 0 aliphatic rings. The Bertz CT molecular complexity index is 2200. The molecule has 0 aliphatic carbocycles. The van der Waals surface area contributed by atoms with Gasteiger partial charge in [-0.3, -0.25) is 0 Å². The van der Waals surface area contributed by atoms with Crippen LogP contribution in [-0.2, 0) is 0 Å². The molecule has 41 heavy (non-hydrogen) atoms. The van der Waals surface area contributed by atoms with Crippen molar-refractivity contribution in [2.24, 2.45) is 0 Å². The molecule has 6 aromatic carbocycles. The van der Waals surface area contributed by atoms with E-state index in [0.29, 0.717) is 17.5 Å². The van der Waals surface area contributed by atoms with Crippen molar-refractivity contribution in [2.45, 2.75) is 0 Å². The van der Waals surface area contributed by atoms with Crippen LogP contribution < -0.4 is 0 Å². The third-order valence-corrected chi connectivity index (χ3v) is 7.53. The number of hydrogen-bond acceptors (Lipinski definition) is 4. The quantitative estimate of drug-likeness (QED) is 0.230. The number of furan rings is 1. The highest BCUT2D eigenvalue weighted by Gasteiger charge is 2.18. The predicted octanol–water partition coefficient (Wildman–Crippen LogP) is 9.59. The van der Waals surface area contributed by atoms with E-state index in [1.807, 2.05) is 66.7 Å². The molecule has 0 fully saturated rings. The molecule has 0 saturated heterocycles. The maximum atomic E-state index is 6.17. The average molecular weight is 526 g/mol. The Morgan fingerprint density at radius 1 is 0.390 bits per heavy atom. The minimum atomic E-state index is 0.615. The van der Waals surface area contributed by atoms with Crippen LogP contribution >= 0.6 is 0 Å². The molecule has 4 heteroatoms. The number of aromatic nitrogens is 3. The average Bonchev–Trinajstić information content (AvgIpc) is 3.44. The van der Waals surface area contributed by atoms with Crippen LogP contribution in [0.4, 0.5) is 0 Å². The summed E-state index contributed by atoms with van der Waals surface area (Å²) in [6, 6.07) is 47.6. The van der Waals surface area contributed by atoms with Gasteiger partial charge in [-0.1, -0.05) is 121 Å². The SMILES string of the molecule is c1ccc(-c2nc(-c3ccc4c(-c5ccccc5)cccc4c3)nc(-c3cccc4oc5ccccc5c34)n2)cc1. The Morgan fingerprint density at radius 2 is 1.02 bits per heavy atom. The number of para-hydroxylation sites is 1. The van der Waals surface area contributed by atoms with Crippen molar-refractivity contribution in [3.8, 4) is 45.3 Å². The summed E-state index contributed by atoms with van der Waals surface area (Å²) in [6.07, 6.45) is 0. The van der Waals surface area contributed by atoms with Gasteiger partial charge in [-0.25, -0.2) is 15.0 Å². The number of hydrogen-bond donors (Lipinski definition) is 0. The highest BCUT2D eigenvalue weighted by atomic mass is 16.3. The van der Waals surface area contributed by atoms with Crippen molar-refractivity contribution in [1.29, 1.82) is 0 Å². The van der Waals surface area contributed by atoms with Gasteiger partial charge >= 0.3 is 0 Å². The number of nitrogens with zero attached hydrogens (tertiary/aromatic N) is 3. The van der Waals surface area contributed by atoms with Crippen molar-refractivity contribution in [3.05, 3.63) is 140 Å². The molecule has 2 aromatic heterocycles. The summed E-state index contributed by atoms with van der Waals surface area (Å²) in [5.41, 5.74) is 6.85. The Kier molecular flexibility index (Phi) is 5.42. The fourth-order valence-electron chi connectivity index (χ4n) is 5.59. The zero-order valence-corrected chi connectivity index (χ0v) is 22.0. The normalized spacial score (nSPS) is 11.4. The molecule has 0 unspecified atom stereocenters. The van der Waals surface area contributed by atoms with Crippen molar-refractivity contribution < 1.29 is 4.42 Å². The van der Waals surface area contributed by atoms with Gasteiger partial charge < -0.3 is 4.42 Å². The molecule has 0 saturated carbocycles. The Hall–Kier alpha value is -5.61. The molecule has 0 atom stereocenters. The molecule has 0 spiro atoms. The molecule has 0 aliphatic heterocycles. The monoisotopic (exact) mass is 525 g/mol. The van der Waals surface area contributed by atoms with Gasteiger partial charge in [-0.05, 0) is 40.1 Å². The first-order chi connectivity index (χ1) is 20.3. The Balaban J connectivity index is 1.35. The first-order valence-corrected chi connectivity index (χ1v) is 13.6. The summed E-state index contributed by atoms with van der Waals surface area (Å²) in [5, 5.41) is 4.37. The third-order valence-electron chi connectivity index (χ3n) is 7.53. The van der Waals surface area contributed by atoms with Crippen molar-refractivity contribution in [2.75, 3.05) is 0 Å². The highest BCUT2D eigenvalue weighted by Crippen LogP contribution is 2.37. The summed E-state index contributed by atoms with van der Waals surface area (Å²) < 4.78 is 6.17. The van der Waals surface area contributed by atoms with Crippen molar-refractivity contribution in [1.82, 2.24) is 15.0 Å².